The molecule has 1 saturated heterocycles. The summed E-state index contributed by atoms with van der Waals surface area (Å²) >= 11 is 0. The molecule has 1 aliphatic heterocycles. The maximum absolute atomic E-state index is 13.9. The van der Waals surface area contributed by atoms with Gasteiger partial charge in [-0.25, -0.2) is 4.79 Å². The third kappa shape index (κ3) is 8.78. The lowest BCUT2D eigenvalue weighted by Crippen LogP contribution is -2.41. The minimum atomic E-state index is -0.918. The highest BCUT2D eigenvalue weighted by atomic mass is 31.0. The van der Waals surface area contributed by atoms with E-state index >= 15 is 0 Å². The molecule has 3 unspecified atom stereocenters. The highest BCUT2D eigenvalue weighted by Crippen LogP contribution is 2.36. The van der Waals surface area contributed by atoms with Crippen LogP contribution < -0.4 is 5.32 Å². The summed E-state index contributed by atoms with van der Waals surface area (Å²) in [4.78, 5) is 29.1. The van der Waals surface area contributed by atoms with Crippen LogP contribution in [0.1, 0.15) is 85.9 Å². The zero-order valence-electron chi connectivity index (χ0n) is 30.4. The maximum Gasteiger partial charge on any atom is 0.329 e. The van der Waals surface area contributed by atoms with Crippen LogP contribution in [0, 0.1) is 0 Å². The summed E-state index contributed by atoms with van der Waals surface area (Å²) in [5.41, 5.74) is 9.33. The molecule has 0 bridgehead atoms. The number of nitrogens with one attached hydrogen (secondary N) is 1. The zero-order chi connectivity index (χ0) is 36.7. The molecule has 0 spiro atoms. The Morgan fingerprint density at radius 1 is 0.808 bits per heavy atom. The number of nitrogens with zero attached hydrogens (tertiary/aromatic N) is 1. The third-order valence-electron chi connectivity index (χ3n) is 10.1. The first-order valence-electron chi connectivity index (χ1n) is 18.2. The van der Waals surface area contributed by atoms with Gasteiger partial charge in [0.05, 0.1) is 0 Å². The molecule has 0 radical (unpaired) electrons. The quantitative estimate of drug-likeness (QED) is 0.0975. The molecule has 6 rings (SSSR count). The van der Waals surface area contributed by atoms with E-state index in [1.807, 2.05) is 60.7 Å². The van der Waals surface area contributed by atoms with Crippen LogP contribution in [-0.4, -0.2) is 29.7 Å². The number of Topliss-reactive ketones (excluding diaryl/α,β-unsaturated/α-hetero) is 1. The first kappa shape index (κ1) is 36.9. The maximum atomic E-state index is 13.9. The van der Waals surface area contributed by atoms with Crippen LogP contribution in [0.2, 0.25) is 0 Å². The second-order valence-corrected chi connectivity index (χ2v) is 15.7. The predicted molar refractivity (Wildman–Crippen MR) is 217 cm³/mol. The number of hydrogen-bond acceptors (Lipinski definition) is 5. The summed E-state index contributed by atoms with van der Waals surface area (Å²) in [6.07, 6.45) is 1.19. The summed E-state index contributed by atoms with van der Waals surface area (Å²) in [5.74, 6) is -0.130. The Hall–Kier alpha value is -4.83. The number of esters is 1. The largest absolute Gasteiger partial charge is 0.448 e. The summed E-state index contributed by atoms with van der Waals surface area (Å²) in [5, 5.41) is 3.57. The Morgan fingerprint density at radius 3 is 1.98 bits per heavy atom. The van der Waals surface area contributed by atoms with Crippen LogP contribution in [0.15, 0.2) is 140 Å². The molecule has 5 nitrogen and oxygen atoms in total. The predicted octanol–water partition coefficient (Wildman–Crippen LogP) is 10.7. The standard InChI is InChI=1S/C46H49N2O3P/c1-5-42(49)44(37-16-10-7-11-17-37)51-45(50)43(36-14-8-6-9-15-36)48-30-28-34(29-31-48)33-22-26-39(27-23-33)47-32(2)40-18-12-13-19-41(40)35-20-24-38(25-21-35)46(3,4)52/h6-27,34,43-44,47H,2,5,28-31,52H2,1,3-4H3. The minimum absolute atomic E-state index is 0.0222. The van der Waals surface area contributed by atoms with Gasteiger partial charge in [-0.2, -0.15) is 0 Å². The van der Waals surface area contributed by atoms with Crippen LogP contribution >= 0.6 is 9.24 Å². The van der Waals surface area contributed by atoms with Gasteiger partial charge in [-0.1, -0.05) is 149 Å². The molecular weight excluding hydrogens is 659 g/mol. The molecular formula is C46H49N2O3P. The number of rotatable bonds is 13. The Balaban J connectivity index is 1.11. The number of likely N-dealkylation sites (tertiary alicyclic amines) is 1. The highest BCUT2D eigenvalue weighted by Gasteiger charge is 2.35. The summed E-state index contributed by atoms with van der Waals surface area (Å²) in [6.45, 7) is 12.1. The lowest BCUT2D eigenvalue weighted by Gasteiger charge is -2.37. The van der Waals surface area contributed by atoms with E-state index < -0.39 is 18.1 Å². The molecule has 266 valence electrons. The van der Waals surface area contributed by atoms with Gasteiger partial charge in [0, 0.05) is 28.5 Å². The number of anilines is 1. The molecule has 0 saturated carbocycles. The molecule has 1 heterocycles. The van der Waals surface area contributed by atoms with Gasteiger partial charge in [0.1, 0.15) is 6.04 Å². The number of ketones is 1. The van der Waals surface area contributed by atoms with Crippen molar-refractivity contribution in [2.75, 3.05) is 18.4 Å². The van der Waals surface area contributed by atoms with Gasteiger partial charge in [-0.3, -0.25) is 9.69 Å². The fraction of sp³-hybridized carbons (Fsp3) is 0.261. The fourth-order valence-electron chi connectivity index (χ4n) is 7.09. The van der Waals surface area contributed by atoms with Crippen LogP contribution in [0.4, 0.5) is 5.69 Å². The molecule has 3 atom stereocenters. The van der Waals surface area contributed by atoms with E-state index in [0.29, 0.717) is 11.5 Å². The normalized spacial score (nSPS) is 15.0. The van der Waals surface area contributed by atoms with E-state index in [1.165, 1.54) is 11.1 Å². The lowest BCUT2D eigenvalue weighted by molar-refractivity contribution is -0.161. The van der Waals surface area contributed by atoms with Gasteiger partial charge in [0.15, 0.2) is 11.9 Å². The lowest BCUT2D eigenvalue weighted by atomic mass is 9.88. The molecule has 6 heteroatoms. The van der Waals surface area contributed by atoms with E-state index in [2.05, 4.69) is 113 Å². The molecule has 5 aromatic carbocycles. The van der Waals surface area contributed by atoms with Gasteiger partial charge in [-0.05, 0) is 77.4 Å². The number of carbonyl (C=O) groups excluding carboxylic acids is 2. The third-order valence-corrected chi connectivity index (χ3v) is 10.4. The average molecular weight is 709 g/mol. The molecule has 0 aliphatic carbocycles. The number of carbonyl (C=O) groups is 2. The van der Waals surface area contributed by atoms with Crippen molar-refractivity contribution in [3.05, 3.63) is 168 Å². The fourth-order valence-corrected chi connectivity index (χ4v) is 7.29. The van der Waals surface area contributed by atoms with Crippen molar-refractivity contribution in [2.45, 2.75) is 63.3 Å². The average Bonchev–Trinajstić information content (AvgIpc) is 3.18. The molecule has 0 aromatic heterocycles. The number of ether oxygens (including phenoxy) is 1. The molecule has 52 heavy (non-hydrogen) atoms. The van der Waals surface area contributed by atoms with Crippen LogP contribution in [-0.2, 0) is 19.5 Å². The van der Waals surface area contributed by atoms with Crippen LogP contribution in [0.5, 0.6) is 0 Å². The molecule has 1 aliphatic rings. The van der Waals surface area contributed by atoms with Gasteiger partial charge < -0.3 is 10.1 Å². The zero-order valence-corrected chi connectivity index (χ0v) is 31.6. The van der Waals surface area contributed by atoms with Crippen molar-refractivity contribution in [1.29, 1.82) is 0 Å². The van der Waals surface area contributed by atoms with Crippen molar-refractivity contribution in [3.63, 3.8) is 0 Å². The van der Waals surface area contributed by atoms with Crippen molar-refractivity contribution in [2.24, 2.45) is 0 Å². The van der Waals surface area contributed by atoms with E-state index in [0.717, 1.165) is 59.6 Å². The Bertz CT molecular complexity index is 1960. The molecule has 1 N–H and O–H groups in total. The van der Waals surface area contributed by atoms with E-state index in [9.17, 15) is 9.59 Å². The number of benzene rings is 5. The van der Waals surface area contributed by atoms with Crippen LogP contribution in [0.25, 0.3) is 16.8 Å². The van der Waals surface area contributed by atoms with E-state index in [1.54, 1.807) is 6.92 Å². The number of piperidine rings is 1. The SMILES string of the molecule is C=C(Nc1ccc(C2CCN(C(C(=O)OC(C(=O)CC)c3ccccc3)c3ccccc3)CC2)cc1)c1ccccc1-c1ccc(C(C)(C)P)cc1. The molecule has 0 amide bonds. The Kier molecular flexibility index (Phi) is 11.8. The van der Waals surface area contributed by atoms with Crippen molar-refractivity contribution >= 4 is 32.4 Å². The van der Waals surface area contributed by atoms with Gasteiger partial charge in [0.25, 0.3) is 0 Å². The smallest absolute Gasteiger partial charge is 0.329 e. The molecule has 1 fully saturated rings. The van der Waals surface area contributed by atoms with Crippen molar-refractivity contribution in [3.8, 4) is 11.1 Å². The second kappa shape index (κ2) is 16.7. The minimum Gasteiger partial charge on any atom is -0.448 e. The highest BCUT2D eigenvalue weighted by molar-refractivity contribution is 7.18. The van der Waals surface area contributed by atoms with Crippen LogP contribution in [0.3, 0.4) is 0 Å². The monoisotopic (exact) mass is 708 g/mol. The summed E-state index contributed by atoms with van der Waals surface area (Å²) < 4.78 is 6.05. The number of hydrogen-bond donors (Lipinski definition) is 1. The van der Waals surface area contributed by atoms with Gasteiger partial charge >= 0.3 is 5.97 Å². The summed E-state index contributed by atoms with van der Waals surface area (Å²) in [6, 6.07) is 44.3. The first-order valence-corrected chi connectivity index (χ1v) is 18.8. The van der Waals surface area contributed by atoms with Gasteiger partial charge in [-0.15, -0.1) is 9.24 Å². The Morgan fingerprint density at radius 2 is 1.38 bits per heavy atom. The second-order valence-electron chi connectivity index (χ2n) is 14.2. The van der Waals surface area contributed by atoms with Gasteiger partial charge in [0.2, 0.25) is 0 Å². The Labute approximate surface area is 311 Å². The van der Waals surface area contributed by atoms with Crippen molar-refractivity contribution < 1.29 is 14.3 Å². The first-order chi connectivity index (χ1) is 25.1. The summed E-state index contributed by atoms with van der Waals surface area (Å²) in [7, 11) is 2.91. The van der Waals surface area contributed by atoms with E-state index in [4.69, 9.17) is 4.74 Å². The van der Waals surface area contributed by atoms with Crippen molar-refractivity contribution in [1.82, 2.24) is 4.90 Å². The topological polar surface area (TPSA) is 58.6 Å². The molecule has 5 aromatic rings. The van der Waals surface area contributed by atoms with E-state index in [-0.39, 0.29) is 17.4 Å².